The SMILES string of the molecule is COc1ccnc(-c2ccccc2SC)c1. The van der Waals surface area contributed by atoms with Gasteiger partial charge in [0.2, 0.25) is 0 Å². The highest BCUT2D eigenvalue weighted by molar-refractivity contribution is 7.98. The van der Waals surface area contributed by atoms with Crippen LogP contribution < -0.4 is 4.74 Å². The molecule has 0 N–H and O–H groups in total. The molecule has 16 heavy (non-hydrogen) atoms. The minimum Gasteiger partial charge on any atom is -0.497 e. The molecule has 0 bridgehead atoms. The van der Waals surface area contributed by atoms with Crippen molar-refractivity contribution in [1.82, 2.24) is 4.98 Å². The zero-order chi connectivity index (χ0) is 11.4. The summed E-state index contributed by atoms with van der Waals surface area (Å²) >= 11 is 1.72. The third-order valence-electron chi connectivity index (χ3n) is 2.35. The molecule has 1 aromatic carbocycles. The first-order chi connectivity index (χ1) is 7.85. The van der Waals surface area contributed by atoms with Crippen LogP contribution in [0.5, 0.6) is 5.75 Å². The van der Waals surface area contributed by atoms with Crippen molar-refractivity contribution in [2.45, 2.75) is 4.90 Å². The number of thioether (sulfide) groups is 1. The van der Waals surface area contributed by atoms with Crippen LogP contribution in [0.25, 0.3) is 11.3 Å². The Balaban J connectivity index is 2.49. The first-order valence-electron chi connectivity index (χ1n) is 4.98. The molecule has 0 atom stereocenters. The van der Waals surface area contributed by atoms with Gasteiger partial charge in [-0.15, -0.1) is 11.8 Å². The lowest BCUT2D eigenvalue weighted by Gasteiger charge is -2.07. The standard InChI is InChI=1S/C13H13NOS/c1-15-10-7-8-14-12(9-10)11-5-3-4-6-13(11)16-2/h3-9H,1-2H3. The van der Waals surface area contributed by atoms with Gasteiger partial charge in [0.25, 0.3) is 0 Å². The average Bonchev–Trinajstić information content (AvgIpc) is 2.38. The molecule has 2 rings (SSSR count). The molecule has 2 aromatic rings. The Bertz CT molecular complexity index is 485. The maximum Gasteiger partial charge on any atom is 0.122 e. The zero-order valence-electron chi connectivity index (χ0n) is 9.31. The van der Waals surface area contributed by atoms with Gasteiger partial charge in [-0.3, -0.25) is 4.98 Å². The van der Waals surface area contributed by atoms with Gasteiger partial charge in [-0.25, -0.2) is 0 Å². The van der Waals surface area contributed by atoms with Crippen LogP contribution in [0.15, 0.2) is 47.5 Å². The van der Waals surface area contributed by atoms with Crippen LogP contribution in [0.1, 0.15) is 0 Å². The number of benzene rings is 1. The lowest BCUT2D eigenvalue weighted by Crippen LogP contribution is -1.88. The Morgan fingerprint density at radius 2 is 2.00 bits per heavy atom. The minimum absolute atomic E-state index is 0.834. The third-order valence-corrected chi connectivity index (χ3v) is 3.15. The predicted octanol–water partition coefficient (Wildman–Crippen LogP) is 3.48. The van der Waals surface area contributed by atoms with Crippen LogP contribution in [-0.2, 0) is 0 Å². The van der Waals surface area contributed by atoms with Crippen LogP contribution in [0.2, 0.25) is 0 Å². The second-order valence-electron chi connectivity index (χ2n) is 3.28. The molecule has 0 saturated heterocycles. The molecular weight excluding hydrogens is 218 g/mol. The van der Waals surface area contributed by atoms with Crippen molar-refractivity contribution in [3.63, 3.8) is 0 Å². The molecule has 0 aliphatic carbocycles. The number of hydrogen-bond acceptors (Lipinski definition) is 3. The molecule has 82 valence electrons. The fraction of sp³-hybridized carbons (Fsp3) is 0.154. The Morgan fingerprint density at radius 1 is 1.19 bits per heavy atom. The number of methoxy groups -OCH3 is 1. The topological polar surface area (TPSA) is 22.1 Å². The van der Waals surface area contributed by atoms with Crippen molar-refractivity contribution in [3.8, 4) is 17.0 Å². The van der Waals surface area contributed by atoms with Gasteiger partial charge in [0.15, 0.2) is 0 Å². The highest BCUT2D eigenvalue weighted by atomic mass is 32.2. The van der Waals surface area contributed by atoms with Gasteiger partial charge >= 0.3 is 0 Å². The smallest absolute Gasteiger partial charge is 0.122 e. The molecule has 0 amide bonds. The molecule has 0 aliphatic heterocycles. The van der Waals surface area contributed by atoms with E-state index in [0.29, 0.717) is 0 Å². The summed E-state index contributed by atoms with van der Waals surface area (Å²) in [5.74, 6) is 0.834. The van der Waals surface area contributed by atoms with Crippen LogP contribution in [-0.4, -0.2) is 18.3 Å². The van der Waals surface area contributed by atoms with Crippen LogP contribution >= 0.6 is 11.8 Å². The normalized spacial score (nSPS) is 10.1. The van der Waals surface area contributed by atoms with Gasteiger partial charge in [-0.1, -0.05) is 18.2 Å². The zero-order valence-corrected chi connectivity index (χ0v) is 10.1. The van der Waals surface area contributed by atoms with Crippen molar-refractivity contribution < 1.29 is 4.74 Å². The lowest BCUT2D eigenvalue weighted by molar-refractivity contribution is 0.414. The molecule has 2 nitrogen and oxygen atoms in total. The Morgan fingerprint density at radius 3 is 2.75 bits per heavy atom. The summed E-state index contributed by atoms with van der Waals surface area (Å²) in [5, 5.41) is 0. The van der Waals surface area contributed by atoms with Crippen molar-refractivity contribution in [1.29, 1.82) is 0 Å². The number of nitrogens with zero attached hydrogens (tertiary/aromatic N) is 1. The Hall–Kier alpha value is -1.48. The van der Waals surface area contributed by atoms with Gasteiger partial charge in [-0.05, 0) is 18.4 Å². The molecule has 0 aliphatic rings. The summed E-state index contributed by atoms with van der Waals surface area (Å²) in [6, 6.07) is 12.0. The van der Waals surface area contributed by atoms with E-state index in [-0.39, 0.29) is 0 Å². The quantitative estimate of drug-likeness (QED) is 0.755. The van der Waals surface area contributed by atoms with Gasteiger partial charge < -0.3 is 4.74 Å². The van der Waals surface area contributed by atoms with E-state index in [1.165, 1.54) is 4.90 Å². The number of hydrogen-bond donors (Lipinski definition) is 0. The van der Waals surface area contributed by atoms with Crippen molar-refractivity contribution in [3.05, 3.63) is 42.6 Å². The summed E-state index contributed by atoms with van der Waals surface area (Å²) in [6.07, 6.45) is 3.84. The highest BCUT2D eigenvalue weighted by Gasteiger charge is 2.05. The fourth-order valence-electron chi connectivity index (χ4n) is 1.54. The van der Waals surface area contributed by atoms with Gasteiger partial charge in [-0.2, -0.15) is 0 Å². The molecule has 0 unspecified atom stereocenters. The van der Waals surface area contributed by atoms with Crippen molar-refractivity contribution in [2.24, 2.45) is 0 Å². The largest absolute Gasteiger partial charge is 0.497 e. The summed E-state index contributed by atoms with van der Waals surface area (Å²) in [6.45, 7) is 0. The molecule has 0 radical (unpaired) electrons. The number of rotatable bonds is 3. The maximum atomic E-state index is 5.20. The molecule has 1 heterocycles. The van der Waals surface area contributed by atoms with Crippen molar-refractivity contribution >= 4 is 11.8 Å². The summed E-state index contributed by atoms with van der Waals surface area (Å²) in [4.78, 5) is 5.60. The number of ether oxygens (including phenoxy) is 1. The number of aromatic nitrogens is 1. The predicted molar refractivity (Wildman–Crippen MR) is 68.0 cm³/mol. The average molecular weight is 231 g/mol. The molecule has 0 spiro atoms. The van der Waals surface area contributed by atoms with E-state index in [0.717, 1.165) is 17.0 Å². The van der Waals surface area contributed by atoms with E-state index in [9.17, 15) is 0 Å². The first kappa shape index (κ1) is 11.0. The Kier molecular flexibility index (Phi) is 3.47. The van der Waals surface area contributed by atoms with Crippen LogP contribution in [0.3, 0.4) is 0 Å². The highest BCUT2D eigenvalue weighted by Crippen LogP contribution is 2.29. The minimum atomic E-state index is 0.834. The molecule has 1 aromatic heterocycles. The second-order valence-corrected chi connectivity index (χ2v) is 4.13. The maximum absolute atomic E-state index is 5.20. The number of pyridine rings is 1. The molecule has 0 fully saturated rings. The van der Waals surface area contributed by atoms with E-state index in [1.807, 2.05) is 24.3 Å². The van der Waals surface area contributed by atoms with Crippen molar-refractivity contribution in [2.75, 3.05) is 13.4 Å². The van der Waals surface area contributed by atoms with Gasteiger partial charge in [0.1, 0.15) is 5.75 Å². The van der Waals surface area contributed by atoms with E-state index in [4.69, 9.17) is 4.74 Å². The molecule has 0 saturated carbocycles. The van der Waals surface area contributed by atoms with Crippen LogP contribution in [0.4, 0.5) is 0 Å². The Labute approximate surface area is 99.7 Å². The summed E-state index contributed by atoms with van der Waals surface area (Å²) in [5.41, 5.74) is 2.10. The van der Waals surface area contributed by atoms with Gasteiger partial charge in [0, 0.05) is 22.7 Å². The van der Waals surface area contributed by atoms with Gasteiger partial charge in [0.05, 0.1) is 12.8 Å². The molecule has 3 heteroatoms. The summed E-state index contributed by atoms with van der Waals surface area (Å²) in [7, 11) is 1.67. The van der Waals surface area contributed by atoms with E-state index >= 15 is 0 Å². The van der Waals surface area contributed by atoms with Crippen LogP contribution in [0, 0.1) is 0 Å². The fourth-order valence-corrected chi connectivity index (χ4v) is 2.15. The molecular formula is C13H13NOS. The van der Waals surface area contributed by atoms with E-state index in [1.54, 1.807) is 25.1 Å². The third kappa shape index (κ3) is 2.19. The second kappa shape index (κ2) is 5.03. The lowest BCUT2D eigenvalue weighted by atomic mass is 10.1. The van der Waals surface area contributed by atoms with E-state index < -0.39 is 0 Å². The first-order valence-corrected chi connectivity index (χ1v) is 6.21. The van der Waals surface area contributed by atoms with E-state index in [2.05, 4.69) is 23.4 Å². The summed E-state index contributed by atoms with van der Waals surface area (Å²) < 4.78 is 5.20. The monoisotopic (exact) mass is 231 g/mol.